The highest BCUT2D eigenvalue weighted by molar-refractivity contribution is 9.10. The summed E-state index contributed by atoms with van der Waals surface area (Å²) in [6.45, 7) is 11.0. The molecule has 1 amide bonds. The van der Waals surface area contributed by atoms with E-state index in [0.29, 0.717) is 30.5 Å². The number of likely N-dealkylation sites (tertiary alicyclic amines) is 1. The van der Waals surface area contributed by atoms with Crippen LogP contribution in [0.15, 0.2) is 10.5 Å². The summed E-state index contributed by atoms with van der Waals surface area (Å²) in [4.78, 5) is 31.3. The highest BCUT2D eigenvalue weighted by Gasteiger charge is 2.37. The van der Waals surface area contributed by atoms with Gasteiger partial charge >= 0.3 is 12.1 Å². The smallest absolute Gasteiger partial charge is 0.410 e. The van der Waals surface area contributed by atoms with Crippen molar-refractivity contribution in [1.29, 1.82) is 0 Å². The first-order valence-corrected chi connectivity index (χ1v) is 13.4. The average molecular weight is 622 g/mol. The molecule has 1 fully saturated rings. The predicted molar refractivity (Wildman–Crippen MR) is 148 cm³/mol. The zero-order chi connectivity index (χ0) is 27.9. The van der Waals surface area contributed by atoms with Crippen molar-refractivity contribution in [3.63, 3.8) is 0 Å². The molecule has 1 aromatic carbocycles. The van der Waals surface area contributed by atoms with Gasteiger partial charge in [0.1, 0.15) is 16.7 Å². The number of aromatic nitrogens is 1. The third kappa shape index (κ3) is 7.29. The Morgan fingerprint density at radius 3 is 2.43 bits per heavy atom. The second-order valence-corrected chi connectivity index (χ2v) is 12.6. The number of benzene rings is 1. The van der Waals surface area contributed by atoms with Crippen LogP contribution < -0.4 is 11.1 Å². The van der Waals surface area contributed by atoms with E-state index in [1.54, 1.807) is 52.5 Å². The number of piperidine rings is 1. The minimum atomic E-state index is -0.693. The van der Waals surface area contributed by atoms with Crippen LogP contribution in [0, 0.1) is 5.82 Å². The molecule has 37 heavy (non-hydrogen) atoms. The lowest BCUT2D eigenvalue weighted by molar-refractivity contribution is -0.156. The lowest BCUT2D eigenvalue weighted by atomic mass is 9.94. The molecule has 1 aromatic heterocycles. The number of nitrogens with one attached hydrogen (secondary N) is 1. The topological polar surface area (TPSA) is 107 Å². The first kappa shape index (κ1) is 29.5. The standard InChI is InChI=1S/C25H32BrCl2FN4O4/c1-24(2,3)36-16(34)10-13-9-12(7-8-33(13)23(35)37-25(4,5)6)31-21-14-11-15(27)17(26)18(29)20(14)32-22(28)19(21)30/h11-13H,7-10,30H2,1-6H3,(H,31,32)/t12-,13-/m0/s1. The van der Waals surface area contributed by atoms with E-state index in [9.17, 15) is 14.0 Å². The van der Waals surface area contributed by atoms with Gasteiger partial charge in [-0.05, 0) is 76.4 Å². The van der Waals surface area contributed by atoms with Gasteiger partial charge in [-0.2, -0.15) is 0 Å². The van der Waals surface area contributed by atoms with Crippen LogP contribution in [-0.2, 0) is 14.3 Å². The number of anilines is 2. The fourth-order valence-electron chi connectivity index (χ4n) is 4.16. The second-order valence-electron chi connectivity index (χ2n) is 11.1. The predicted octanol–water partition coefficient (Wildman–Crippen LogP) is 6.94. The number of amides is 1. The lowest BCUT2D eigenvalue weighted by Crippen LogP contribution is -2.51. The first-order valence-electron chi connectivity index (χ1n) is 11.9. The fourth-order valence-corrected chi connectivity index (χ4v) is 4.84. The molecule has 8 nitrogen and oxygen atoms in total. The number of carbonyl (C=O) groups excluding carboxylic acids is 2. The van der Waals surface area contributed by atoms with E-state index in [-0.39, 0.29) is 38.3 Å². The van der Waals surface area contributed by atoms with Crippen molar-refractivity contribution in [3.8, 4) is 0 Å². The molecule has 0 unspecified atom stereocenters. The van der Waals surface area contributed by atoms with Gasteiger partial charge in [0, 0.05) is 24.0 Å². The first-order chi connectivity index (χ1) is 17.0. The maximum absolute atomic E-state index is 14.9. The van der Waals surface area contributed by atoms with Crippen LogP contribution in [0.4, 0.5) is 20.6 Å². The lowest BCUT2D eigenvalue weighted by Gasteiger charge is -2.40. The van der Waals surface area contributed by atoms with Crippen LogP contribution in [-0.4, -0.2) is 51.8 Å². The molecular formula is C25H32BrCl2FN4O4. The molecule has 204 valence electrons. The molecule has 2 atom stereocenters. The number of esters is 1. The molecule has 1 saturated heterocycles. The molecule has 2 heterocycles. The van der Waals surface area contributed by atoms with Crippen molar-refractivity contribution in [2.24, 2.45) is 0 Å². The van der Waals surface area contributed by atoms with Crippen molar-refractivity contribution in [2.75, 3.05) is 17.6 Å². The van der Waals surface area contributed by atoms with E-state index in [1.165, 1.54) is 0 Å². The summed E-state index contributed by atoms with van der Waals surface area (Å²) in [5.74, 6) is -1.09. The Balaban J connectivity index is 1.92. The van der Waals surface area contributed by atoms with Gasteiger partial charge in [-0.15, -0.1) is 0 Å². The summed E-state index contributed by atoms with van der Waals surface area (Å²) < 4.78 is 26.1. The normalized spacial score (nSPS) is 18.6. The number of nitrogens with zero attached hydrogens (tertiary/aromatic N) is 2. The maximum Gasteiger partial charge on any atom is 0.410 e. The molecule has 0 aliphatic carbocycles. The van der Waals surface area contributed by atoms with Crippen LogP contribution in [0.25, 0.3) is 10.9 Å². The summed E-state index contributed by atoms with van der Waals surface area (Å²) in [5.41, 5.74) is 5.42. The number of rotatable bonds is 4. The van der Waals surface area contributed by atoms with Crippen LogP contribution in [0.3, 0.4) is 0 Å². The molecule has 1 aliphatic rings. The van der Waals surface area contributed by atoms with E-state index in [2.05, 4.69) is 26.2 Å². The Hall–Kier alpha value is -2.04. The monoisotopic (exact) mass is 620 g/mol. The molecule has 2 aromatic rings. The quantitative estimate of drug-likeness (QED) is 0.216. The Kier molecular flexibility index (Phi) is 8.76. The maximum atomic E-state index is 14.9. The molecule has 0 bridgehead atoms. The number of pyridine rings is 1. The number of halogens is 4. The number of hydrogen-bond acceptors (Lipinski definition) is 7. The van der Waals surface area contributed by atoms with Gasteiger partial charge < -0.3 is 25.4 Å². The summed E-state index contributed by atoms with van der Waals surface area (Å²) >= 11 is 15.6. The largest absolute Gasteiger partial charge is 0.460 e. The van der Waals surface area contributed by atoms with Gasteiger partial charge in [-0.1, -0.05) is 23.2 Å². The Bertz CT molecular complexity index is 1220. The number of carbonyl (C=O) groups is 2. The summed E-state index contributed by atoms with van der Waals surface area (Å²) in [6, 6.07) is 0.816. The number of nitrogens with two attached hydrogens (primary N) is 1. The van der Waals surface area contributed by atoms with Gasteiger partial charge in [-0.3, -0.25) is 4.79 Å². The molecular weight excluding hydrogens is 590 g/mol. The van der Waals surface area contributed by atoms with E-state index < -0.39 is 35.1 Å². The molecule has 12 heteroatoms. The summed E-state index contributed by atoms with van der Waals surface area (Å²) in [7, 11) is 0. The SMILES string of the molecule is CC(C)(C)OC(=O)C[C@@H]1C[C@@H](Nc2c(N)c(Cl)nc3c(F)c(Br)c(Cl)cc23)CCN1C(=O)OC(C)(C)C. The number of fused-ring (bicyclic) bond motifs is 1. The van der Waals surface area contributed by atoms with E-state index >= 15 is 0 Å². The zero-order valence-corrected chi connectivity index (χ0v) is 24.8. The Morgan fingerprint density at radius 1 is 1.22 bits per heavy atom. The average Bonchev–Trinajstić information content (AvgIpc) is 2.74. The van der Waals surface area contributed by atoms with Crippen LogP contribution in [0.1, 0.15) is 60.8 Å². The van der Waals surface area contributed by atoms with Crippen LogP contribution in [0.5, 0.6) is 0 Å². The molecule has 0 spiro atoms. The molecule has 3 rings (SSSR count). The van der Waals surface area contributed by atoms with Crippen LogP contribution >= 0.6 is 39.1 Å². The minimum absolute atomic E-state index is 0.00877. The molecule has 3 N–H and O–H groups in total. The van der Waals surface area contributed by atoms with E-state index in [1.807, 2.05) is 0 Å². The highest BCUT2D eigenvalue weighted by atomic mass is 79.9. The highest BCUT2D eigenvalue weighted by Crippen LogP contribution is 2.40. The van der Waals surface area contributed by atoms with Gasteiger partial charge in [0.15, 0.2) is 11.0 Å². The molecule has 0 saturated carbocycles. The fraction of sp³-hybridized carbons (Fsp3) is 0.560. The second kappa shape index (κ2) is 11.0. The number of ether oxygens (including phenoxy) is 2. The van der Waals surface area contributed by atoms with Gasteiger partial charge in [0.2, 0.25) is 0 Å². The number of hydrogen-bond donors (Lipinski definition) is 2. The Labute approximate surface area is 234 Å². The summed E-state index contributed by atoms with van der Waals surface area (Å²) in [5, 5.41) is 3.81. The number of nitrogen functional groups attached to an aromatic ring is 1. The van der Waals surface area contributed by atoms with Crippen LogP contribution in [0.2, 0.25) is 10.2 Å². The zero-order valence-electron chi connectivity index (χ0n) is 21.7. The minimum Gasteiger partial charge on any atom is -0.460 e. The van der Waals surface area contributed by atoms with Crippen molar-refractivity contribution in [3.05, 3.63) is 26.5 Å². The van der Waals surface area contributed by atoms with Gasteiger partial charge in [-0.25, -0.2) is 14.2 Å². The van der Waals surface area contributed by atoms with Crippen molar-refractivity contribution >= 4 is 73.5 Å². The third-order valence-electron chi connectivity index (χ3n) is 5.62. The van der Waals surface area contributed by atoms with E-state index in [4.69, 9.17) is 38.4 Å². The molecule has 0 radical (unpaired) electrons. The van der Waals surface area contributed by atoms with E-state index in [0.717, 1.165) is 0 Å². The third-order valence-corrected chi connectivity index (χ3v) is 7.21. The van der Waals surface area contributed by atoms with Gasteiger partial charge in [0.25, 0.3) is 0 Å². The molecule has 1 aliphatic heterocycles. The van der Waals surface area contributed by atoms with Gasteiger partial charge in [0.05, 0.1) is 27.3 Å². The van der Waals surface area contributed by atoms with Crippen molar-refractivity contribution < 1.29 is 23.5 Å². The van der Waals surface area contributed by atoms with Crippen molar-refractivity contribution in [2.45, 2.75) is 84.1 Å². The Morgan fingerprint density at radius 2 is 1.84 bits per heavy atom. The summed E-state index contributed by atoms with van der Waals surface area (Å²) in [6.07, 6.45) is 0.370. The van der Waals surface area contributed by atoms with Crippen molar-refractivity contribution in [1.82, 2.24) is 9.88 Å².